The molecule has 0 fully saturated rings. The van der Waals surface area contributed by atoms with Gasteiger partial charge in [-0.15, -0.1) is 5.10 Å². The van der Waals surface area contributed by atoms with E-state index in [2.05, 4.69) is 20.3 Å². The standard InChI is InChI=1S/C13H16N4O2/c1-9-5-11(19-16-9)8-17-4-3-12-10(7-17)6-13(18-2)15-14-12/h5-6H,3-4,7-8H2,1-2H3. The SMILES string of the molecule is COc1cc2c(nn1)CCN(Cc1cc(C)no1)C2. The summed E-state index contributed by atoms with van der Waals surface area (Å²) in [5, 5.41) is 12.1. The molecule has 0 unspecified atom stereocenters. The summed E-state index contributed by atoms with van der Waals surface area (Å²) < 4.78 is 10.4. The molecule has 0 saturated carbocycles. The molecule has 0 radical (unpaired) electrons. The molecule has 3 heterocycles. The number of ether oxygens (including phenoxy) is 1. The summed E-state index contributed by atoms with van der Waals surface area (Å²) in [7, 11) is 1.61. The van der Waals surface area contributed by atoms with E-state index in [1.54, 1.807) is 7.11 Å². The van der Waals surface area contributed by atoms with E-state index in [0.717, 1.165) is 43.2 Å². The fourth-order valence-electron chi connectivity index (χ4n) is 2.31. The van der Waals surface area contributed by atoms with Crippen molar-refractivity contribution < 1.29 is 9.26 Å². The molecule has 0 aliphatic carbocycles. The summed E-state index contributed by atoms with van der Waals surface area (Å²) in [6, 6.07) is 3.93. The first-order valence-corrected chi connectivity index (χ1v) is 6.28. The summed E-state index contributed by atoms with van der Waals surface area (Å²) in [5.41, 5.74) is 3.15. The number of hydrogen-bond donors (Lipinski definition) is 0. The van der Waals surface area contributed by atoms with Crippen molar-refractivity contribution in [3.05, 3.63) is 34.8 Å². The van der Waals surface area contributed by atoms with Crippen molar-refractivity contribution in [1.82, 2.24) is 20.3 Å². The summed E-state index contributed by atoms with van der Waals surface area (Å²) in [4.78, 5) is 2.31. The van der Waals surface area contributed by atoms with Crippen LogP contribution in [-0.4, -0.2) is 33.9 Å². The Morgan fingerprint density at radius 3 is 3.00 bits per heavy atom. The van der Waals surface area contributed by atoms with E-state index in [-0.39, 0.29) is 0 Å². The first kappa shape index (κ1) is 12.1. The Morgan fingerprint density at radius 2 is 2.26 bits per heavy atom. The number of hydrogen-bond acceptors (Lipinski definition) is 6. The van der Waals surface area contributed by atoms with Gasteiger partial charge in [0.25, 0.3) is 0 Å². The zero-order chi connectivity index (χ0) is 13.2. The van der Waals surface area contributed by atoms with Crippen LogP contribution in [0.25, 0.3) is 0 Å². The van der Waals surface area contributed by atoms with Gasteiger partial charge in [-0.1, -0.05) is 5.16 Å². The Labute approximate surface area is 111 Å². The molecule has 6 nitrogen and oxygen atoms in total. The topological polar surface area (TPSA) is 64.3 Å². The lowest BCUT2D eigenvalue weighted by Crippen LogP contribution is -2.30. The van der Waals surface area contributed by atoms with Crippen LogP contribution in [-0.2, 0) is 19.5 Å². The summed E-state index contributed by atoms with van der Waals surface area (Å²) >= 11 is 0. The van der Waals surface area contributed by atoms with Crippen LogP contribution in [0.4, 0.5) is 0 Å². The van der Waals surface area contributed by atoms with Crippen molar-refractivity contribution in [1.29, 1.82) is 0 Å². The van der Waals surface area contributed by atoms with Crippen LogP contribution in [0, 0.1) is 6.92 Å². The van der Waals surface area contributed by atoms with Gasteiger partial charge in [0, 0.05) is 31.6 Å². The molecule has 0 amide bonds. The predicted octanol–water partition coefficient (Wildman–Crippen LogP) is 1.34. The van der Waals surface area contributed by atoms with Crippen LogP contribution in [0.5, 0.6) is 5.88 Å². The third-order valence-corrected chi connectivity index (χ3v) is 3.26. The van der Waals surface area contributed by atoms with Crippen molar-refractivity contribution in [3.8, 4) is 5.88 Å². The molecule has 0 N–H and O–H groups in total. The van der Waals surface area contributed by atoms with Gasteiger partial charge in [-0.3, -0.25) is 4.90 Å². The second-order valence-electron chi connectivity index (χ2n) is 4.75. The van der Waals surface area contributed by atoms with Gasteiger partial charge in [-0.05, 0) is 12.5 Å². The third-order valence-electron chi connectivity index (χ3n) is 3.26. The van der Waals surface area contributed by atoms with E-state index in [4.69, 9.17) is 9.26 Å². The van der Waals surface area contributed by atoms with Gasteiger partial charge in [0.2, 0.25) is 5.88 Å². The van der Waals surface area contributed by atoms with Crippen molar-refractivity contribution >= 4 is 0 Å². The maximum absolute atomic E-state index is 5.26. The van der Waals surface area contributed by atoms with E-state index >= 15 is 0 Å². The highest BCUT2D eigenvalue weighted by atomic mass is 16.5. The number of fused-ring (bicyclic) bond motifs is 1. The Bertz CT molecular complexity index is 582. The van der Waals surface area contributed by atoms with E-state index in [1.807, 2.05) is 19.1 Å². The lowest BCUT2D eigenvalue weighted by Gasteiger charge is -2.26. The summed E-state index contributed by atoms with van der Waals surface area (Å²) in [6.45, 7) is 4.48. The molecule has 0 atom stereocenters. The van der Waals surface area contributed by atoms with E-state index in [9.17, 15) is 0 Å². The smallest absolute Gasteiger partial charge is 0.233 e. The molecule has 1 aliphatic rings. The zero-order valence-electron chi connectivity index (χ0n) is 11.1. The number of aromatic nitrogens is 3. The highest BCUT2D eigenvalue weighted by molar-refractivity contribution is 5.26. The molecular formula is C13H16N4O2. The minimum absolute atomic E-state index is 0.566. The Morgan fingerprint density at radius 1 is 1.37 bits per heavy atom. The van der Waals surface area contributed by atoms with Crippen molar-refractivity contribution in [2.45, 2.75) is 26.4 Å². The van der Waals surface area contributed by atoms with E-state index in [0.29, 0.717) is 5.88 Å². The molecule has 3 rings (SSSR count). The van der Waals surface area contributed by atoms with Crippen molar-refractivity contribution in [2.24, 2.45) is 0 Å². The Balaban J connectivity index is 1.74. The molecule has 1 aliphatic heterocycles. The maximum Gasteiger partial charge on any atom is 0.233 e. The predicted molar refractivity (Wildman–Crippen MR) is 67.6 cm³/mol. The molecule has 2 aromatic heterocycles. The van der Waals surface area contributed by atoms with Gasteiger partial charge >= 0.3 is 0 Å². The number of aryl methyl sites for hydroxylation is 1. The number of methoxy groups -OCH3 is 1. The van der Waals surface area contributed by atoms with Crippen molar-refractivity contribution in [2.75, 3.05) is 13.7 Å². The van der Waals surface area contributed by atoms with Crippen LogP contribution in [0.2, 0.25) is 0 Å². The average Bonchev–Trinajstić information content (AvgIpc) is 2.83. The Kier molecular flexibility index (Phi) is 3.16. The molecule has 2 aromatic rings. The third kappa shape index (κ3) is 2.58. The highest BCUT2D eigenvalue weighted by Crippen LogP contribution is 2.21. The lowest BCUT2D eigenvalue weighted by atomic mass is 10.1. The van der Waals surface area contributed by atoms with Gasteiger partial charge in [0.15, 0.2) is 5.76 Å². The Hall–Kier alpha value is -1.95. The fraction of sp³-hybridized carbons (Fsp3) is 0.462. The van der Waals surface area contributed by atoms with Gasteiger partial charge in [0.1, 0.15) is 0 Å². The molecule has 0 spiro atoms. The lowest BCUT2D eigenvalue weighted by molar-refractivity contribution is 0.212. The minimum Gasteiger partial charge on any atom is -0.480 e. The molecule has 100 valence electrons. The van der Waals surface area contributed by atoms with Gasteiger partial charge < -0.3 is 9.26 Å². The van der Waals surface area contributed by atoms with Gasteiger partial charge in [-0.25, -0.2) is 0 Å². The van der Waals surface area contributed by atoms with Crippen LogP contribution in [0.15, 0.2) is 16.7 Å². The van der Waals surface area contributed by atoms with Crippen molar-refractivity contribution in [3.63, 3.8) is 0 Å². The first-order valence-electron chi connectivity index (χ1n) is 6.28. The fourth-order valence-corrected chi connectivity index (χ4v) is 2.31. The maximum atomic E-state index is 5.26. The number of rotatable bonds is 3. The molecule has 0 bridgehead atoms. The van der Waals surface area contributed by atoms with Crippen LogP contribution in [0.1, 0.15) is 22.7 Å². The molecule has 0 saturated heterocycles. The molecule has 19 heavy (non-hydrogen) atoms. The normalized spacial score (nSPS) is 15.3. The monoisotopic (exact) mass is 260 g/mol. The van der Waals surface area contributed by atoms with Crippen LogP contribution < -0.4 is 4.74 Å². The highest BCUT2D eigenvalue weighted by Gasteiger charge is 2.19. The molecular weight excluding hydrogens is 244 g/mol. The zero-order valence-corrected chi connectivity index (χ0v) is 11.1. The quantitative estimate of drug-likeness (QED) is 0.829. The number of nitrogens with zero attached hydrogens (tertiary/aromatic N) is 4. The minimum atomic E-state index is 0.566. The molecule has 6 heteroatoms. The van der Waals surface area contributed by atoms with E-state index < -0.39 is 0 Å². The van der Waals surface area contributed by atoms with Gasteiger partial charge in [-0.2, -0.15) is 5.10 Å². The summed E-state index contributed by atoms with van der Waals surface area (Å²) in [6.07, 6.45) is 0.902. The molecule has 0 aromatic carbocycles. The summed E-state index contributed by atoms with van der Waals surface area (Å²) in [5.74, 6) is 1.46. The van der Waals surface area contributed by atoms with Crippen LogP contribution >= 0.6 is 0 Å². The van der Waals surface area contributed by atoms with E-state index in [1.165, 1.54) is 5.56 Å². The first-order chi connectivity index (χ1) is 9.24. The van der Waals surface area contributed by atoms with Crippen LogP contribution in [0.3, 0.4) is 0 Å². The largest absolute Gasteiger partial charge is 0.480 e. The van der Waals surface area contributed by atoms with Gasteiger partial charge in [0.05, 0.1) is 25.0 Å². The second-order valence-corrected chi connectivity index (χ2v) is 4.75. The second kappa shape index (κ2) is 4.97. The average molecular weight is 260 g/mol.